The summed E-state index contributed by atoms with van der Waals surface area (Å²) >= 11 is 0. The van der Waals surface area contributed by atoms with Gasteiger partial charge in [0.25, 0.3) is 0 Å². The molecule has 5 heteroatoms. The summed E-state index contributed by atoms with van der Waals surface area (Å²) in [4.78, 5) is 24.2. The molecule has 0 fully saturated rings. The standard InChI is InChI=1S/C15H25NO4/c1-12(14(17)18)9-7-11-20-15(19)13(2)8-5-6-10-16(3)4/h1-2,5-11H2,3-4H3,(H,17,18). The summed E-state index contributed by atoms with van der Waals surface area (Å²) < 4.78 is 5.03. The maximum atomic E-state index is 11.6. The van der Waals surface area contributed by atoms with Gasteiger partial charge in [-0.15, -0.1) is 0 Å². The van der Waals surface area contributed by atoms with E-state index in [1.165, 1.54) is 0 Å². The summed E-state index contributed by atoms with van der Waals surface area (Å²) in [5.41, 5.74) is 0.601. The SMILES string of the molecule is C=C(CCCOC(=O)C(=C)CCCCN(C)C)C(=O)O. The van der Waals surface area contributed by atoms with E-state index in [1.807, 2.05) is 14.1 Å². The second-order valence-electron chi connectivity index (χ2n) is 5.01. The van der Waals surface area contributed by atoms with Crippen LogP contribution >= 0.6 is 0 Å². The lowest BCUT2D eigenvalue weighted by atomic mass is 10.1. The van der Waals surface area contributed by atoms with Crippen LogP contribution in [0.5, 0.6) is 0 Å². The van der Waals surface area contributed by atoms with Gasteiger partial charge in [-0.3, -0.25) is 0 Å². The van der Waals surface area contributed by atoms with E-state index in [0.29, 0.717) is 24.8 Å². The molecule has 0 atom stereocenters. The topological polar surface area (TPSA) is 66.8 Å². The van der Waals surface area contributed by atoms with Crippen LogP contribution in [0.15, 0.2) is 24.3 Å². The normalized spacial score (nSPS) is 10.3. The Morgan fingerprint density at radius 2 is 1.65 bits per heavy atom. The molecular formula is C15H25NO4. The first kappa shape index (κ1) is 18.4. The molecule has 20 heavy (non-hydrogen) atoms. The smallest absolute Gasteiger partial charge is 0.333 e. The molecule has 0 bridgehead atoms. The zero-order chi connectivity index (χ0) is 15.5. The molecule has 0 aliphatic heterocycles. The Morgan fingerprint density at radius 3 is 2.20 bits per heavy atom. The molecule has 1 N–H and O–H groups in total. The molecule has 0 saturated carbocycles. The monoisotopic (exact) mass is 283 g/mol. The number of hydrogen-bond acceptors (Lipinski definition) is 4. The number of nitrogens with zero attached hydrogens (tertiary/aromatic N) is 1. The maximum Gasteiger partial charge on any atom is 0.333 e. The summed E-state index contributed by atoms with van der Waals surface area (Å²) in [6.45, 7) is 8.30. The number of carbonyl (C=O) groups excluding carboxylic acids is 1. The number of unbranched alkanes of at least 4 members (excludes halogenated alkanes) is 1. The number of hydrogen-bond donors (Lipinski definition) is 1. The Hall–Kier alpha value is -1.62. The highest BCUT2D eigenvalue weighted by Crippen LogP contribution is 2.09. The molecule has 0 aromatic carbocycles. The Bertz CT molecular complexity index is 361. The van der Waals surface area contributed by atoms with Crippen molar-refractivity contribution in [3.63, 3.8) is 0 Å². The van der Waals surface area contributed by atoms with E-state index in [4.69, 9.17) is 9.84 Å². The molecule has 0 amide bonds. The first-order chi connectivity index (χ1) is 9.34. The van der Waals surface area contributed by atoms with Crippen LogP contribution in [-0.2, 0) is 14.3 Å². The quantitative estimate of drug-likeness (QED) is 0.358. The van der Waals surface area contributed by atoms with Gasteiger partial charge in [0.2, 0.25) is 0 Å². The molecule has 0 spiro atoms. The summed E-state index contributed by atoms with van der Waals surface area (Å²) in [7, 11) is 4.02. The summed E-state index contributed by atoms with van der Waals surface area (Å²) in [6, 6.07) is 0. The fourth-order valence-electron chi connectivity index (χ4n) is 1.53. The molecule has 0 aromatic heterocycles. The minimum Gasteiger partial charge on any atom is -0.478 e. The molecular weight excluding hydrogens is 258 g/mol. The lowest BCUT2D eigenvalue weighted by Crippen LogP contribution is -2.13. The van der Waals surface area contributed by atoms with Crippen LogP contribution in [-0.4, -0.2) is 49.2 Å². The van der Waals surface area contributed by atoms with Gasteiger partial charge >= 0.3 is 11.9 Å². The molecule has 5 nitrogen and oxygen atoms in total. The Kier molecular flexibility index (Phi) is 9.38. The van der Waals surface area contributed by atoms with Gasteiger partial charge in [0.1, 0.15) is 0 Å². The Labute approximate surface area is 120 Å². The molecule has 0 aromatic rings. The van der Waals surface area contributed by atoms with Gasteiger partial charge in [0.05, 0.1) is 6.61 Å². The van der Waals surface area contributed by atoms with E-state index in [2.05, 4.69) is 18.1 Å². The second kappa shape index (κ2) is 10.2. The number of carboxylic acids is 1. The molecule has 0 aliphatic rings. The maximum absolute atomic E-state index is 11.6. The van der Waals surface area contributed by atoms with Crippen LogP contribution < -0.4 is 0 Å². The second-order valence-corrected chi connectivity index (χ2v) is 5.01. The van der Waals surface area contributed by atoms with E-state index < -0.39 is 11.9 Å². The lowest BCUT2D eigenvalue weighted by Gasteiger charge is -2.10. The van der Waals surface area contributed by atoms with Gasteiger partial charge in [-0.25, -0.2) is 9.59 Å². The fraction of sp³-hybridized carbons (Fsp3) is 0.600. The highest BCUT2D eigenvalue weighted by Gasteiger charge is 2.09. The molecule has 0 aliphatic carbocycles. The van der Waals surface area contributed by atoms with Crippen molar-refractivity contribution in [3.8, 4) is 0 Å². The van der Waals surface area contributed by atoms with Gasteiger partial charge in [0, 0.05) is 11.1 Å². The zero-order valence-corrected chi connectivity index (χ0v) is 12.5. The number of ether oxygens (including phenoxy) is 1. The summed E-state index contributed by atoms with van der Waals surface area (Å²) in [6.07, 6.45) is 3.33. The zero-order valence-electron chi connectivity index (χ0n) is 12.5. The molecule has 0 saturated heterocycles. The van der Waals surface area contributed by atoms with Crippen molar-refractivity contribution in [2.75, 3.05) is 27.2 Å². The van der Waals surface area contributed by atoms with Crippen molar-refractivity contribution < 1.29 is 19.4 Å². The van der Waals surface area contributed by atoms with Crippen molar-refractivity contribution in [1.82, 2.24) is 4.90 Å². The molecule has 0 radical (unpaired) electrons. The number of rotatable bonds is 11. The largest absolute Gasteiger partial charge is 0.478 e. The Morgan fingerprint density at radius 1 is 1.05 bits per heavy atom. The number of carbonyl (C=O) groups is 2. The van der Waals surface area contributed by atoms with Crippen LogP contribution in [0.2, 0.25) is 0 Å². The number of aliphatic carboxylic acids is 1. The predicted octanol–water partition coefficient (Wildman–Crippen LogP) is 2.24. The van der Waals surface area contributed by atoms with Crippen molar-refractivity contribution >= 4 is 11.9 Å². The van der Waals surface area contributed by atoms with Gasteiger partial charge in [-0.2, -0.15) is 0 Å². The number of esters is 1. The minimum atomic E-state index is -1.01. The van der Waals surface area contributed by atoms with Crippen molar-refractivity contribution in [1.29, 1.82) is 0 Å². The molecule has 0 heterocycles. The fourth-order valence-corrected chi connectivity index (χ4v) is 1.53. The van der Waals surface area contributed by atoms with E-state index >= 15 is 0 Å². The average molecular weight is 283 g/mol. The third kappa shape index (κ3) is 9.33. The van der Waals surface area contributed by atoms with Gasteiger partial charge in [-0.05, 0) is 52.7 Å². The highest BCUT2D eigenvalue weighted by molar-refractivity contribution is 5.87. The first-order valence-electron chi connectivity index (χ1n) is 6.75. The average Bonchev–Trinajstić information content (AvgIpc) is 2.38. The molecule has 0 rings (SSSR count). The van der Waals surface area contributed by atoms with Crippen LogP contribution in [0.1, 0.15) is 32.1 Å². The van der Waals surface area contributed by atoms with Gasteiger partial charge < -0.3 is 14.7 Å². The molecule has 114 valence electrons. The highest BCUT2D eigenvalue weighted by atomic mass is 16.5. The van der Waals surface area contributed by atoms with Crippen molar-refractivity contribution in [2.24, 2.45) is 0 Å². The van der Waals surface area contributed by atoms with E-state index in [1.54, 1.807) is 0 Å². The molecule has 0 unspecified atom stereocenters. The van der Waals surface area contributed by atoms with Crippen LogP contribution in [0, 0.1) is 0 Å². The van der Waals surface area contributed by atoms with Crippen molar-refractivity contribution in [2.45, 2.75) is 32.1 Å². The van der Waals surface area contributed by atoms with E-state index in [-0.39, 0.29) is 12.2 Å². The predicted molar refractivity (Wildman–Crippen MR) is 78.5 cm³/mol. The first-order valence-corrected chi connectivity index (χ1v) is 6.75. The van der Waals surface area contributed by atoms with Crippen LogP contribution in [0.25, 0.3) is 0 Å². The minimum absolute atomic E-state index is 0.128. The summed E-state index contributed by atoms with van der Waals surface area (Å²) in [5, 5.41) is 8.61. The van der Waals surface area contributed by atoms with E-state index in [9.17, 15) is 9.59 Å². The number of carboxylic acid groups (broad SMARTS) is 1. The van der Waals surface area contributed by atoms with E-state index in [0.717, 1.165) is 19.4 Å². The third-order valence-corrected chi connectivity index (χ3v) is 2.78. The van der Waals surface area contributed by atoms with Crippen LogP contribution in [0.3, 0.4) is 0 Å². The van der Waals surface area contributed by atoms with Gasteiger partial charge in [0.15, 0.2) is 0 Å². The van der Waals surface area contributed by atoms with Crippen LogP contribution in [0.4, 0.5) is 0 Å². The lowest BCUT2D eigenvalue weighted by molar-refractivity contribution is -0.139. The third-order valence-electron chi connectivity index (χ3n) is 2.78. The Balaban J connectivity index is 3.68. The summed E-state index contributed by atoms with van der Waals surface area (Å²) in [5.74, 6) is -1.41. The van der Waals surface area contributed by atoms with Gasteiger partial charge in [-0.1, -0.05) is 13.2 Å². The van der Waals surface area contributed by atoms with Crippen molar-refractivity contribution in [3.05, 3.63) is 24.3 Å².